The van der Waals surface area contributed by atoms with E-state index in [2.05, 4.69) is 10.6 Å². The number of hydrogen-bond donors (Lipinski definition) is 3. The summed E-state index contributed by atoms with van der Waals surface area (Å²) in [5.74, 6) is -4.11. The highest BCUT2D eigenvalue weighted by Crippen LogP contribution is 2.49. The molecule has 3 aliphatic rings. The second-order valence-electron chi connectivity index (χ2n) is 12.6. The molecule has 3 aliphatic carbocycles. The van der Waals surface area contributed by atoms with Gasteiger partial charge >= 0.3 is 11.5 Å². The van der Waals surface area contributed by atoms with Crippen LogP contribution in [-0.4, -0.2) is 56.1 Å². The molecule has 0 saturated heterocycles. The highest BCUT2D eigenvalue weighted by atomic mass is 32.2. The highest BCUT2D eigenvalue weighted by molar-refractivity contribution is 7.92. The lowest BCUT2D eigenvalue weighted by Gasteiger charge is -2.36. The van der Waals surface area contributed by atoms with Crippen LogP contribution >= 0.6 is 0 Å². The van der Waals surface area contributed by atoms with Crippen molar-refractivity contribution in [3.8, 4) is 11.5 Å². The van der Waals surface area contributed by atoms with Crippen molar-refractivity contribution < 1.29 is 54.9 Å². The predicted molar refractivity (Wildman–Crippen MR) is 160 cm³/mol. The predicted octanol–water partition coefficient (Wildman–Crippen LogP) is 5.71. The fraction of sp³-hybridized carbons (Fsp3) is 0.531. The summed E-state index contributed by atoms with van der Waals surface area (Å²) in [7, 11) is -4.36. The highest BCUT2D eigenvalue weighted by Gasteiger charge is 2.52. The number of sulfone groups is 1. The standard InChI is InChI=1S/C32H36F4N2O8S/c1-3-31(30(41)42)11-9-20(10-12-31)46-25-15-22(24(45-2)16-23(25)33)28(39)38-27-18-8-7-17(13-18)26(27)29(40)37-19-5-4-6-21(14-19)47(43,44)32(34,35)36/h4-6,14-18,20,26-27H,3,7-13H2,1-2H3,(H,37,40)(H,38,39)(H,41,42)/t17-,18+,20?,26-,27+,31?/m0/s1. The number of carboxylic acid groups (broad SMARTS) is 1. The number of aliphatic carboxylic acids is 1. The van der Waals surface area contributed by atoms with E-state index in [1.807, 2.05) is 6.92 Å². The van der Waals surface area contributed by atoms with Crippen LogP contribution in [0.5, 0.6) is 11.5 Å². The van der Waals surface area contributed by atoms with Crippen LogP contribution in [0.1, 0.15) is 68.6 Å². The van der Waals surface area contributed by atoms with Crippen LogP contribution in [0.2, 0.25) is 0 Å². The van der Waals surface area contributed by atoms with Gasteiger partial charge in [0, 0.05) is 17.8 Å². The molecule has 0 unspecified atom stereocenters. The SMILES string of the molecule is CCC1(C(=O)O)CCC(Oc2cc(C(=O)N[C@@H]3[C@@H]4CC[C@@H](C4)[C@@H]3C(=O)Nc3cccc(S(=O)(=O)C(F)(F)F)c3)c(OC)cc2F)CC1. The quantitative estimate of drug-likeness (QED) is 0.270. The molecule has 2 bridgehead atoms. The van der Waals surface area contributed by atoms with E-state index >= 15 is 4.39 Å². The van der Waals surface area contributed by atoms with Gasteiger partial charge in [0.05, 0.1) is 35.0 Å². The average molecular weight is 685 g/mol. The number of amides is 2. The molecular weight excluding hydrogens is 648 g/mol. The van der Waals surface area contributed by atoms with Gasteiger partial charge in [0.1, 0.15) is 5.75 Å². The minimum Gasteiger partial charge on any atom is -0.496 e. The number of anilines is 1. The van der Waals surface area contributed by atoms with Gasteiger partial charge in [-0.1, -0.05) is 13.0 Å². The van der Waals surface area contributed by atoms with Crippen molar-refractivity contribution in [3.63, 3.8) is 0 Å². The maximum atomic E-state index is 15.1. The molecule has 2 amide bonds. The normalized spacial score (nSPS) is 27.2. The third-order valence-electron chi connectivity index (χ3n) is 10.0. The van der Waals surface area contributed by atoms with Crippen molar-refractivity contribution in [3.05, 3.63) is 47.8 Å². The molecule has 256 valence electrons. The number of hydrogen-bond acceptors (Lipinski definition) is 7. The Bertz CT molecular complexity index is 1660. The molecule has 3 saturated carbocycles. The fourth-order valence-electron chi connectivity index (χ4n) is 7.34. The number of nitrogens with one attached hydrogen (secondary N) is 2. The number of carbonyl (C=O) groups is 3. The van der Waals surface area contributed by atoms with Crippen LogP contribution in [-0.2, 0) is 19.4 Å². The summed E-state index contributed by atoms with van der Waals surface area (Å²) in [4.78, 5) is 37.9. The number of alkyl halides is 3. The van der Waals surface area contributed by atoms with Gasteiger partial charge in [-0.05, 0) is 87.5 Å². The Labute approximate surface area is 269 Å². The molecule has 47 heavy (non-hydrogen) atoms. The zero-order valence-corrected chi connectivity index (χ0v) is 26.5. The summed E-state index contributed by atoms with van der Waals surface area (Å²) in [5, 5.41) is 15.1. The van der Waals surface area contributed by atoms with Crippen molar-refractivity contribution in [2.45, 2.75) is 80.8 Å². The smallest absolute Gasteiger partial charge is 0.496 e. The first-order valence-corrected chi connectivity index (χ1v) is 16.9. The maximum absolute atomic E-state index is 15.1. The molecule has 0 spiro atoms. The lowest BCUT2D eigenvalue weighted by Crippen LogP contribution is -2.48. The number of benzene rings is 2. The first-order valence-electron chi connectivity index (χ1n) is 15.4. The molecule has 0 heterocycles. The van der Waals surface area contributed by atoms with Gasteiger partial charge in [0.15, 0.2) is 11.6 Å². The van der Waals surface area contributed by atoms with Gasteiger partial charge in [0.2, 0.25) is 5.91 Å². The van der Waals surface area contributed by atoms with E-state index in [9.17, 15) is 41.1 Å². The van der Waals surface area contributed by atoms with Crippen molar-refractivity contribution in [2.75, 3.05) is 12.4 Å². The molecule has 0 radical (unpaired) electrons. The fourth-order valence-corrected chi connectivity index (χ4v) is 8.14. The number of carboxylic acids is 1. The molecule has 3 fully saturated rings. The summed E-state index contributed by atoms with van der Waals surface area (Å²) >= 11 is 0. The Morgan fingerprint density at radius 1 is 1.02 bits per heavy atom. The first-order chi connectivity index (χ1) is 22.1. The molecule has 0 aliphatic heterocycles. The summed E-state index contributed by atoms with van der Waals surface area (Å²) in [5.41, 5.74) is -6.55. The van der Waals surface area contributed by atoms with E-state index in [1.54, 1.807) is 0 Å². The lowest BCUT2D eigenvalue weighted by atomic mass is 9.71. The van der Waals surface area contributed by atoms with E-state index in [-0.39, 0.29) is 34.6 Å². The minimum atomic E-state index is -5.63. The molecule has 4 atom stereocenters. The van der Waals surface area contributed by atoms with Gasteiger partial charge in [-0.3, -0.25) is 14.4 Å². The summed E-state index contributed by atoms with van der Waals surface area (Å²) in [6.07, 6.45) is 3.55. The lowest BCUT2D eigenvalue weighted by molar-refractivity contribution is -0.152. The first kappa shape index (κ1) is 34.5. The molecule has 5 rings (SSSR count). The van der Waals surface area contributed by atoms with Crippen LogP contribution in [0, 0.1) is 29.0 Å². The van der Waals surface area contributed by atoms with Crippen LogP contribution in [0.3, 0.4) is 0 Å². The number of carbonyl (C=O) groups excluding carboxylic acids is 2. The van der Waals surface area contributed by atoms with Gasteiger partial charge in [-0.15, -0.1) is 0 Å². The third kappa shape index (κ3) is 6.63. The second kappa shape index (κ2) is 13.0. The van der Waals surface area contributed by atoms with Crippen LogP contribution < -0.4 is 20.1 Å². The monoisotopic (exact) mass is 684 g/mol. The zero-order chi connectivity index (χ0) is 34.3. The maximum Gasteiger partial charge on any atom is 0.501 e. The molecule has 0 aromatic heterocycles. The van der Waals surface area contributed by atoms with Crippen molar-refractivity contribution in [1.29, 1.82) is 0 Å². The zero-order valence-electron chi connectivity index (χ0n) is 25.7. The van der Waals surface area contributed by atoms with E-state index in [0.29, 0.717) is 44.9 Å². The molecule has 2 aromatic carbocycles. The Balaban J connectivity index is 1.32. The Morgan fingerprint density at radius 3 is 2.32 bits per heavy atom. The van der Waals surface area contributed by atoms with Crippen molar-refractivity contribution in [2.24, 2.45) is 23.2 Å². The number of rotatable bonds is 10. The van der Waals surface area contributed by atoms with Crippen molar-refractivity contribution >= 4 is 33.3 Å². The summed E-state index contributed by atoms with van der Waals surface area (Å²) in [6, 6.07) is 5.46. The summed E-state index contributed by atoms with van der Waals surface area (Å²) in [6.45, 7) is 1.82. The Kier molecular flexibility index (Phi) is 9.50. The molecular formula is C32H36F4N2O8S. The molecule has 2 aromatic rings. The number of ether oxygens (including phenoxy) is 2. The number of halogens is 4. The number of methoxy groups -OCH3 is 1. The van der Waals surface area contributed by atoms with E-state index in [0.717, 1.165) is 30.7 Å². The number of fused-ring (bicyclic) bond motifs is 2. The van der Waals surface area contributed by atoms with Gasteiger partial charge in [-0.2, -0.15) is 13.2 Å². The van der Waals surface area contributed by atoms with Gasteiger partial charge in [0.25, 0.3) is 15.7 Å². The largest absolute Gasteiger partial charge is 0.501 e. The van der Waals surface area contributed by atoms with E-state index in [1.165, 1.54) is 19.2 Å². The van der Waals surface area contributed by atoms with Crippen LogP contribution in [0.4, 0.5) is 23.2 Å². The van der Waals surface area contributed by atoms with E-state index < -0.39 is 67.3 Å². The minimum absolute atomic E-state index is 0.0415. The van der Waals surface area contributed by atoms with Crippen LogP contribution in [0.25, 0.3) is 0 Å². The second-order valence-corrected chi connectivity index (χ2v) is 14.5. The van der Waals surface area contributed by atoms with Gasteiger partial charge < -0.3 is 25.2 Å². The van der Waals surface area contributed by atoms with E-state index in [4.69, 9.17) is 9.47 Å². The topological polar surface area (TPSA) is 148 Å². The molecule has 10 nitrogen and oxygen atoms in total. The molecule has 15 heteroatoms. The van der Waals surface area contributed by atoms with Crippen molar-refractivity contribution in [1.82, 2.24) is 5.32 Å². The third-order valence-corrected chi connectivity index (χ3v) is 11.5. The Morgan fingerprint density at radius 2 is 1.70 bits per heavy atom. The summed E-state index contributed by atoms with van der Waals surface area (Å²) < 4.78 is 89.3. The average Bonchev–Trinajstić information content (AvgIpc) is 3.64. The van der Waals surface area contributed by atoms with Gasteiger partial charge in [-0.25, -0.2) is 12.8 Å². The molecule has 3 N–H and O–H groups in total. The Hall–Kier alpha value is -3.88. The van der Waals surface area contributed by atoms with Crippen LogP contribution in [0.15, 0.2) is 41.3 Å².